The van der Waals surface area contributed by atoms with Gasteiger partial charge in [-0.15, -0.1) is 0 Å². The van der Waals surface area contributed by atoms with Gasteiger partial charge < -0.3 is 10.2 Å². The van der Waals surface area contributed by atoms with Gasteiger partial charge in [0.25, 0.3) is 0 Å². The summed E-state index contributed by atoms with van der Waals surface area (Å²) in [5.41, 5.74) is 7.67. The van der Waals surface area contributed by atoms with Crippen LogP contribution in [0.2, 0.25) is 0 Å². The van der Waals surface area contributed by atoms with Crippen molar-refractivity contribution in [2.45, 2.75) is 26.3 Å². The number of benzene rings is 1. The second kappa shape index (κ2) is 3.46. The minimum Gasteiger partial charge on any atom is -0.461 e. The molecule has 1 aromatic carbocycles. The quantitative estimate of drug-likeness (QED) is 0.788. The van der Waals surface area contributed by atoms with Crippen molar-refractivity contribution in [1.29, 1.82) is 0 Å². The fourth-order valence-corrected chi connectivity index (χ4v) is 1.52. The Morgan fingerprint density at radius 2 is 2.07 bits per heavy atom. The number of hydrogen-bond donors (Lipinski definition) is 1. The highest BCUT2D eigenvalue weighted by Crippen LogP contribution is 2.25. The van der Waals surface area contributed by atoms with Crippen LogP contribution in [-0.4, -0.2) is 0 Å². The third-order valence-corrected chi connectivity index (χ3v) is 2.40. The van der Waals surface area contributed by atoms with E-state index in [1.54, 1.807) is 0 Å². The van der Waals surface area contributed by atoms with Crippen molar-refractivity contribution in [1.82, 2.24) is 0 Å². The fraction of sp³-hybridized carbons (Fsp3) is 0.333. The van der Waals surface area contributed by atoms with Gasteiger partial charge in [-0.2, -0.15) is 0 Å². The van der Waals surface area contributed by atoms with Gasteiger partial charge in [0.15, 0.2) is 0 Å². The molecule has 0 saturated heterocycles. The van der Waals surface area contributed by atoms with Crippen LogP contribution in [0.25, 0.3) is 11.0 Å². The Morgan fingerprint density at radius 1 is 1.29 bits per heavy atom. The Kier molecular flexibility index (Phi) is 2.30. The van der Waals surface area contributed by atoms with Crippen LogP contribution in [0.5, 0.6) is 0 Å². The van der Waals surface area contributed by atoms with E-state index in [4.69, 9.17) is 10.2 Å². The van der Waals surface area contributed by atoms with Gasteiger partial charge in [0.05, 0.1) is 0 Å². The molecule has 2 aromatic rings. The predicted molar refractivity (Wildman–Crippen MR) is 58.2 cm³/mol. The average molecular weight is 189 g/mol. The van der Waals surface area contributed by atoms with Crippen molar-refractivity contribution in [3.05, 3.63) is 35.6 Å². The van der Waals surface area contributed by atoms with E-state index < -0.39 is 0 Å². The molecule has 2 rings (SSSR count). The van der Waals surface area contributed by atoms with Crippen LogP contribution in [0.1, 0.15) is 31.1 Å². The van der Waals surface area contributed by atoms with E-state index in [0.29, 0.717) is 12.5 Å². The van der Waals surface area contributed by atoms with E-state index in [0.717, 1.165) is 22.3 Å². The van der Waals surface area contributed by atoms with Gasteiger partial charge in [0, 0.05) is 17.8 Å². The summed E-state index contributed by atoms with van der Waals surface area (Å²) in [5.74, 6) is 1.47. The minimum atomic E-state index is 0.434. The van der Waals surface area contributed by atoms with Crippen LogP contribution < -0.4 is 5.73 Å². The molecule has 0 fully saturated rings. The van der Waals surface area contributed by atoms with E-state index >= 15 is 0 Å². The molecule has 0 spiro atoms. The average Bonchev–Trinajstić information content (AvgIpc) is 2.59. The highest BCUT2D eigenvalue weighted by atomic mass is 16.3. The lowest BCUT2D eigenvalue weighted by molar-refractivity contribution is 0.521. The SMILES string of the molecule is CC(C)c1cc2cc(CN)ccc2o1. The number of furan rings is 1. The van der Waals surface area contributed by atoms with Crippen LogP contribution in [0.3, 0.4) is 0 Å². The van der Waals surface area contributed by atoms with Gasteiger partial charge in [-0.1, -0.05) is 19.9 Å². The van der Waals surface area contributed by atoms with Crippen molar-refractivity contribution >= 4 is 11.0 Å². The van der Waals surface area contributed by atoms with E-state index in [1.165, 1.54) is 0 Å². The molecule has 2 N–H and O–H groups in total. The molecule has 0 atom stereocenters. The summed E-state index contributed by atoms with van der Waals surface area (Å²) >= 11 is 0. The zero-order valence-electron chi connectivity index (χ0n) is 8.58. The smallest absolute Gasteiger partial charge is 0.134 e. The molecule has 0 aliphatic heterocycles. The summed E-state index contributed by atoms with van der Waals surface area (Å²) in [7, 11) is 0. The molecule has 0 aliphatic rings. The summed E-state index contributed by atoms with van der Waals surface area (Å²) in [6.45, 7) is 4.83. The summed E-state index contributed by atoms with van der Waals surface area (Å²) in [4.78, 5) is 0. The predicted octanol–water partition coefficient (Wildman–Crippen LogP) is 3.01. The normalized spacial score (nSPS) is 11.4. The maximum atomic E-state index is 5.69. The largest absolute Gasteiger partial charge is 0.461 e. The molecule has 2 heteroatoms. The molecule has 1 aromatic heterocycles. The lowest BCUT2D eigenvalue weighted by atomic mass is 10.1. The zero-order chi connectivity index (χ0) is 10.1. The Morgan fingerprint density at radius 3 is 2.71 bits per heavy atom. The second-order valence-corrected chi connectivity index (χ2v) is 3.88. The molecule has 0 unspecified atom stereocenters. The zero-order valence-corrected chi connectivity index (χ0v) is 8.58. The second-order valence-electron chi connectivity index (χ2n) is 3.88. The van der Waals surface area contributed by atoms with Gasteiger partial charge in [-0.3, -0.25) is 0 Å². The van der Waals surface area contributed by atoms with Crippen molar-refractivity contribution in [3.8, 4) is 0 Å². The monoisotopic (exact) mass is 189 g/mol. The molecule has 0 aliphatic carbocycles. The Balaban J connectivity index is 2.54. The standard InChI is InChI=1S/C12H15NO/c1-8(2)12-6-10-5-9(7-13)3-4-11(10)14-12/h3-6,8H,7,13H2,1-2H3. The fourth-order valence-electron chi connectivity index (χ4n) is 1.52. The Hall–Kier alpha value is -1.28. The minimum absolute atomic E-state index is 0.434. The van der Waals surface area contributed by atoms with Crippen LogP contribution in [0.15, 0.2) is 28.7 Å². The van der Waals surface area contributed by atoms with Crippen molar-refractivity contribution in [2.24, 2.45) is 5.73 Å². The van der Waals surface area contributed by atoms with Gasteiger partial charge >= 0.3 is 0 Å². The maximum Gasteiger partial charge on any atom is 0.134 e. The Labute approximate surface area is 83.7 Å². The van der Waals surface area contributed by atoms with E-state index in [1.807, 2.05) is 12.1 Å². The molecule has 0 saturated carbocycles. The number of hydrogen-bond acceptors (Lipinski definition) is 2. The van der Waals surface area contributed by atoms with Gasteiger partial charge in [0.2, 0.25) is 0 Å². The van der Waals surface area contributed by atoms with E-state index in [2.05, 4.69) is 26.0 Å². The lowest BCUT2D eigenvalue weighted by Crippen LogP contribution is -1.94. The first kappa shape index (κ1) is 9.28. The number of nitrogens with two attached hydrogens (primary N) is 1. The molecule has 2 nitrogen and oxygen atoms in total. The molecular formula is C12H15NO. The topological polar surface area (TPSA) is 39.2 Å². The van der Waals surface area contributed by atoms with Gasteiger partial charge in [-0.05, 0) is 23.8 Å². The molecular weight excluding hydrogens is 174 g/mol. The van der Waals surface area contributed by atoms with Crippen LogP contribution >= 0.6 is 0 Å². The van der Waals surface area contributed by atoms with Crippen LogP contribution in [-0.2, 0) is 6.54 Å². The lowest BCUT2D eigenvalue weighted by Gasteiger charge is -1.95. The summed E-state index contributed by atoms with van der Waals surface area (Å²) in [5, 5.41) is 1.15. The summed E-state index contributed by atoms with van der Waals surface area (Å²) in [6.07, 6.45) is 0. The number of rotatable bonds is 2. The third-order valence-electron chi connectivity index (χ3n) is 2.40. The molecule has 0 bridgehead atoms. The first-order chi connectivity index (χ1) is 6.70. The molecule has 0 radical (unpaired) electrons. The Bertz CT molecular complexity index is 443. The van der Waals surface area contributed by atoms with Gasteiger partial charge in [0.1, 0.15) is 11.3 Å². The van der Waals surface area contributed by atoms with Crippen molar-refractivity contribution < 1.29 is 4.42 Å². The van der Waals surface area contributed by atoms with Crippen molar-refractivity contribution in [3.63, 3.8) is 0 Å². The molecule has 14 heavy (non-hydrogen) atoms. The summed E-state index contributed by atoms with van der Waals surface area (Å²) < 4.78 is 5.69. The third kappa shape index (κ3) is 1.53. The highest BCUT2D eigenvalue weighted by molar-refractivity contribution is 5.78. The van der Waals surface area contributed by atoms with Gasteiger partial charge in [-0.25, -0.2) is 0 Å². The summed E-state index contributed by atoms with van der Waals surface area (Å²) in [6, 6.07) is 8.18. The van der Waals surface area contributed by atoms with Crippen LogP contribution in [0.4, 0.5) is 0 Å². The first-order valence-electron chi connectivity index (χ1n) is 4.93. The first-order valence-corrected chi connectivity index (χ1v) is 4.93. The molecule has 74 valence electrons. The molecule has 1 heterocycles. The highest BCUT2D eigenvalue weighted by Gasteiger charge is 2.06. The maximum absolute atomic E-state index is 5.69. The van der Waals surface area contributed by atoms with E-state index in [-0.39, 0.29) is 0 Å². The van der Waals surface area contributed by atoms with E-state index in [9.17, 15) is 0 Å². The molecule has 0 amide bonds. The van der Waals surface area contributed by atoms with Crippen molar-refractivity contribution in [2.75, 3.05) is 0 Å². The van der Waals surface area contributed by atoms with Crippen LogP contribution in [0, 0.1) is 0 Å². The number of fused-ring (bicyclic) bond motifs is 1.